The number of unbranched alkanes of at least 4 members (excludes halogenated alkanes) is 5. The Labute approximate surface area is 155 Å². The molecule has 26 heavy (non-hydrogen) atoms. The van der Waals surface area contributed by atoms with Gasteiger partial charge in [0.05, 0.1) is 4.90 Å². The molecule has 0 spiro atoms. The van der Waals surface area contributed by atoms with Crippen LogP contribution < -0.4 is 4.74 Å². The van der Waals surface area contributed by atoms with Gasteiger partial charge in [0.1, 0.15) is 5.75 Å². The van der Waals surface area contributed by atoms with Crippen molar-refractivity contribution in [3.63, 3.8) is 0 Å². The Balaban J connectivity index is 2.19. The summed E-state index contributed by atoms with van der Waals surface area (Å²) in [5.41, 5.74) is 0.460. The molecule has 0 atom stereocenters. The van der Waals surface area contributed by atoms with Gasteiger partial charge in [-0.15, -0.1) is 0 Å². The highest BCUT2D eigenvalue weighted by Gasteiger charge is 2.18. The van der Waals surface area contributed by atoms with Gasteiger partial charge in [-0.1, -0.05) is 57.2 Å². The van der Waals surface area contributed by atoms with Crippen LogP contribution >= 0.6 is 0 Å². The molecule has 142 valence electrons. The van der Waals surface area contributed by atoms with E-state index in [0.717, 1.165) is 25.3 Å². The lowest BCUT2D eigenvalue weighted by Crippen LogP contribution is -2.01. The van der Waals surface area contributed by atoms with E-state index in [0.29, 0.717) is 17.7 Å². The van der Waals surface area contributed by atoms with E-state index < -0.39 is 10.1 Å². The average Bonchev–Trinajstić information content (AvgIpc) is 2.60. The summed E-state index contributed by atoms with van der Waals surface area (Å²) in [5, 5.41) is 10.5. The number of phenols is 1. The summed E-state index contributed by atoms with van der Waals surface area (Å²) in [6, 6.07) is 11.2. The van der Waals surface area contributed by atoms with E-state index in [1.165, 1.54) is 25.3 Å². The normalized spacial score (nSPS) is 11.5. The highest BCUT2D eigenvalue weighted by atomic mass is 32.2. The molecule has 0 aliphatic heterocycles. The molecule has 0 bridgehead atoms. The van der Waals surface area contributed by atoms with Crippen molar-refractivity contribution in [1.29, 1.82) is 0 Å². The molecule has 0 heterocycles. The van der Waals surface area contributed by atoms with Crippen LogP contribution in [0.3, 0.4) is 0 Å². The lowest BCUT2D eigenvalue weighted by atomic mass is 10.0. The highest BCUT2D eigenvalue weighted by Crippen LogP contribution is 2.37. The first-order valence-corrected chi connectivity index (χ1v) is 10.4. The maximum atomic E-state index is 11.6. The van der Waals surface area contributed by atoms with Crippen LogP contribution in [-0.2, 0) is 16.5 Å². The molecule has 0 saturated heterocycles. The second kappa shape index (κ2) is 9.59. The van der Waals surface area contributed by atoms with Crippen molar-refractivity contribution < 1.29 is 22.8 Å². The van der Waals surface area contributed by atoms with E-state index in [9.17, 15) is 18.1 Å². The Morgan fingerprint density at radius 2 is 1.62 bits per heavy atom. The van der Waals surface area contributed by atoms with Crippen LogP contribution in [-0.4, -0.2) is 18.1 Å². The predicted molar refractivity (Wildman–Crippen MR) is 102 cm³/mol. The summed E-state index contributed by atoms with van der Waals surface area (Å²) >= 11 is 0. The maximum Gasteiger partial charge on any atom is 0.294 e. The molecule has 0 fully saturated rings. The summed E-state index contributed by atoms with van der Waals surface area (Å²) in [4.78, 5) is -0.276. The fraction of sp³-hybridized carbons (Fsp3) is 0.400. The van der Waals surface area contributed by atoms with Crippen LogP contribution in [0, 0.1) is 0 Å². The molecule has 2 aromatic rings. The summed E-state index contributed by atoms with van der Waals surface area (Å²) < 4.78 is 38.2. The zero-order valence-electron chi connectivity index (χ0n) is 15.0. The predicted octanol–water partition coefficient (Wildman–Crippen LogP) is 5.33. The summed E-state index contributed by atoms with van der Waals surface area (Å²) in [7, 11) is -4.39. The molecular weight excluding hydrogens is 352 g/mol. The number of para-hydroxylation sites is 1. The van der Waals surface area contributed by atoms with Crippen molar-refractivity contribution in [3.05, 3.63) is 48.0 Å². The van der Waals surface area contributed by atoms with E-state index in [1.54, 1.807) is 24.3 Å². The Bertz CT molecular complexity index is 800. The fourth-order valence-electron chi connectivity index (χ4n) is 2.77. The van der Waals surface area contributed by atoms with Crippen LogP contribution in [0.1, 0.15) is 51.0 Å². The maximum absolute atomic E-state index is 11.6. The Kier molecular flexibility index (Phi) is 7.48. The van der Waals surface area contributed by atoms with Crippen molar-refractivity contribution in [2.24, 2.45) is 0 Å². The zero-order valence-corrected chi connectivity index (χ0v) is 15.8. The van der Waals surface area contributed by atoms with Crippen LogP contribution in [0.5, 0.6) is 17.2 Å². The SMILES string of the molecule is CCCCCCCCc1cc(S(=O)(=O)O)cc(Oc2ccccc2)c1O. The molecule has 0 amide bonds. The molecule has 6 heteroatoms. The summed E-state index contributed by atoms with van der Waals surface area (Å²) in [6.07, 6.45) is 7.03. The van der Waals surface area contributed by atoms with Crippen molar-refractivity contribution in [1.82, 2.24) is 0 Å². The molecule has 0 aromatic heterocycles. The minimum Gasteiger partial charge on any atom is -0.504 e. The van der Waals surface area contributed by atoms with E-state index in [4.69, 9.17) is 4.74 Å². The van der Waals surface area contributed by atoms with Gasteiger partial charge in [-0.3, -0.25) is 4.55 Å². The smallest absolute Gasteiger partial charge is 0.294 e. The monoisotopic (exact) mass is 378 g/mol. The highest BCUT2D eigenvalue weighted by molar-refractivity contribution is 7.85. The van der Waals surface area contributed by atoms with Crippen molar-refractivity contribution in [2.45, 2.75) is 56.8 Å². The molecule has 2 aromatic carbocycles. The molecular formula is C20H26O5S. The average molecular weight is 378 g/mol. The lowest BCUT2D eigenvalue weighted by Gasteiger charge is -2.13. The number of benzene rings is 2. The van der Waals surface area contributed by atoms with E-state index in [1.807, 2.05) is 6.07 Å². The first-order chi connectivity index (χ1) is 12.4. The Hall–Kier alpha value is -2.05. The molecule has 0 aliphatic rings. The fourth-order valence-corrected chi connectivity index (χ4v) is 3.31. The number of aromatic hydroxyl groups is 1. The van der Waals surface area contributed by atoms with Crippen molar-refractivity contribution in [2.75, 3.05) is 0 Å². The van der Waals surface area contributed by atoms with Gasteiger partial charge in [0.15, 0.2) is 11.5 Å². The van der Waals surface area contributed by atoms with Crippen molar-refractivity contribution in [3.8, 4) is 17.2 Å². The Morgan fingerprint density at radius 3 is 2.27 bits per heavy atom. The topological polar surface area (TPSA) is 83.8 Å². The third-order valence-corrected chi connectivity index (χ3v) is 5.03. The number of rotatable bonds is 10. The molecule has 0 aliphatic carbocycles. The third-order valence-electron chi connectivity index (χ3n) is 4.20. The molecule has 2 N–H and O–H groups in total. The van der Waals surface area contributed by atoms with Crippen LogP contribution in [0.4, 0.5) is 0 Å². The summed E-state index contributed by atoms with van der Waals surface area (Å²) in [6.45, 7) is 2.16. The summed E-state index contributed by atoms with van der Waals surface area (Å²) in [5.74, 6) is 0.405. The van der Waals surface area contributed by atoms with Gasteiger partial charge in [0.2, 0.25) is 0 Å². The minimum absolute atomic E-state index is 0.0207. The minimum atomic E-state index is -4.39. The quantitative estimate of drug-likeness (QED) is 0.431. The lowest BCUT2D eigenvalue weighted by molar-refractivity contribution is 0.403. The van der Waals surface area contributed by atoms with Crippen LogP contribution in [0.25, 0.3) is 0 Å². The molecule has 0 saturated carbocycles. The van der Waals surface area contributed by atoms with Crippen LogP contribution in [0.2, 0.25) is 0 Å². The molecule has 5 nitrogen and oxygen atoms in total. The zero-order chi connectivity index (χ0) is 19.0. The van der Waals surface area contributed by atoms with Gasteiger partial charge in [0.25, 0.3) is 10.1 Å². The first kappa shape index (κ1) is 20.3. The number of phenolic OH excluding ortho intramolecular Hbond substituents is 1. The number of hydrogen-bond acceptors (Lipinski definition) is 4. The van der Waals surface area contributed by atoms with E-state index in [2.05, 4.69) is 6.92 Å². The van der Waals surface area contributed by atoms with Gasteiger partial charge in [0, 0.05) is 6.07 Å². The number of ether oxygens (including phenoxy) is 1. The van der Waals surface area contributed by atoms with E-state index in [-0.39, 0.29) is 16.4 Å². The second-order valence-corrected chi connectivity index (χ2v) is 7.76. The number of hydrogen-bond donors (Lipinski definition) is 2. The standard InChI is InChI=1S/C20H26O5S/c1-2-3-4-5-6-8-11-16-14-18(26(22,23)24)15-19(20(16)21)25-17-12-9-7-10-13-17/h7,9-10,12-15,21H,2-6,8,11H2,1H3,(H,22,23,24). The van der Waals surface area contributed by atoms with E-state index >= 15 is 0 Å². The largest absolute Gasteiger partial charge is 0.504 e. The first-order valence-electron chi connectivity index (χ1n) is 8.98. The number of aryl methyl sites for hydroxylation is 1. The molecule has 0 radical (unpaired) electrons. The van der Waals surface area contributed by atoms with Gasteiger partial charge in [-0.2, -0.15) is 8.42 Å². The second-order valence-electron chi connectivity index (χ2n) is 6.34. The van der Waals surface area contributed by atoms with Crippen molar-refractivity contribution >= 4 is 10.1 Å². The van der Waals surface area contributed by atoms with Gasteiger partial charge in [-0.25, -0.2) is 0 Å². The van der Waals surface area contributed by atoms with Crippen LogP contribution in [0.15, 0.2) is 47.4 Å². The van der Waals surface area contributed by atoms with Gasteiger partial charge < -0.3 is 9.84 Å². The van der Waals surface area contributed by atoms with Gasteiger partial charge >= 0.3 is 0 Å². The van der Waals surface area contributed by atoms with Gasteiger partial charge in [-0.05, 0) is 36.6 Å². The third kappa shape index (κ3) is 6.04. The Morgan fingerprint density at radius 1 is 0.962 bits per heavy atom. The molecule has 0 unspecified atom stereocenters. The molecule has 2 rings (SSSR count).